The van der Waals surface area contributed by atoms with Gasteiger partial charge in [-0.3, -0.25) is 9.47 Å². The zero-order valence-corrected chi connectivity index (χ0v) is 17.1. The van der Waals surface area contributed by atoms with Crippen LogP contribution in [-0.2, 0) is 6.67 Å². The Morgan fingerprint density at radius 1 is 1.00 bits per heavy atom. The van der Waals surface area contributed by atoms with E-state index in [0.717, 1.165) is 37.9 Å². The Labute approximate surface area is 168 Å². The highest BCUT2D eigenvalue weighted by atomic mass is 15.5. The quantitative estimate of drug-likeness (QED) is 0.653. The van der Waals surface area contributed by atoms with Crippen LogP contribution in [0.15, 0.2) is 54.6 Å². The van der Waals surface area contributed by atoms with Gasteiger partial charge in [0.15, 0.2) is 13.3 Å². The van der Waals surface area contributed by atoms with Gasteiger partial charge in [0.1, 0.15) is 0 Å². The lowest BCUT2D eigenvalue weighted by Gasteiger charge is -2.34. The van der Waals surface area contributed by atoms with Gasteiger partial charge in [-0.1, -0.05) is 43.7 Å². The lowest BCUT2D eigenvalue weighted by atomic mass is 10.2. The molecule has 28 heavy (non-hydrogen) atoms. The van der Waals surface area contributed by atoms with E-state index in [-0.39, 0.29) is 0 Å². The predicted molar refractivity (Wildman–Crippen MR) is 117 cm³/mol. The van der Waals surface area contributed by atoms with E-state index < -0.39 is 0 Å². The summed E-state index contributed by atoms with van der Waals surface area (Å²) < 4.78 is 2.42. The van der Waals surface area contributed by atoms with Crippen molar-refractivity contribution in [2.75, 3.05) is 43.2 Å². The summed E-state index contributed by atoms with van der Waals surface area (Å²) in [5.41, 5.74) is 3.67. The van der Waals surface area contributed by atoms with E-state index in [1.807, 2.05) is 0 Å². The Hall–Kier alpha value is -2.53. The Morgan fingerprint density at radius 2 is 1.79 bits per heavy atom. The van der Waals surface area contributed by atoms with E-state index in [4.69, 9.17) is 4.98 Å². The van der Waals surface area contributed by atoms with Crippen LogP contribution in [0.1, 0.15) is 26.2 Å². The summed E-state index contributed by atoms with van der Waals surface area (Å²) in [5.74, 6) is 1.15. The van der Waals surface area contributed by atoms with E-state index in [1.54, 1.807) is 4.90 Å². The second-order valence-corrected chi connectivity index (χ2v) is 7.87. The van der Waals surface area contributed by atoms with Crippen molar-refractivity contribution in [2.45, 2.75) is 32.9 Å². The SMILES string of the molecule is CCCCN1C[NH+](CCCN(C)c2ccccc2)Cn2c1nc1ccccc12. The number of imidazole rings is 1. The summed E-state index contributed by atoms with van der Waals surface area (Å²) in [7, 11) is 2.19. The van der Waals surface area contributed by atoms with Crippen molar-refractivity contribution >= 4 is 22.7 Å². The molecule has 0 spiro atoms. The number of nitrogens with zero attached hydrogens (tertiary/aromatic N) is 4. The second kappa shape index (κ2) is 8.65. The lowest BCUT2D eigenvalue weighted by Crippen LogP contribution is -3.14. The van der Waals surface area contributed by atoms with E-state index >= 15 is 0 Å². The number of rotatable bonds is 8. The molecule has 4 rings (SSSR count). The number of hydrogen-bond donors (Lipinski definition) is 1. The minimum Gasteiger partial charge on any atom is -0.374 e. The normalized spacial score (nSPS) is 16.4. The van der Waals surface area contributed by atoms with E-state index in [2.05, 4.69) is 82.9 Å². The molecule has 0 saturated carbocycles. The standard InChI is InChI=1S/C23H31N5/c1-3-4-17-27-18-26(16-10-15-25(2)20-11-6-5-7-12-20)19-28-22-14-9-8-13-21(22)24-23(27)28/h5-9,11-14H,3-4,10,15-19H2,1-2H3/p+1. The van der Waals surface area contributed by atoms with Crippen LogP contribution in [-0.4, -0.2) is 42.9 Å². The number of quaternary nitrogens is 1. The summed E-state index contributed by atoms with van der Waals surface area (Å²) in [4.78, 5) is 11.4. The Balaban J connectivity index is 1.44. The third-order valence-corrected chi connectivity index (χ3v) is 5.72. The fourth-order valence-electron chi connectivity index (χ4n) is 4.14. The first kappa shape index (κ1) is 18.8. The molecule has 0 bridgehead atoms. The highest BCUT2D eigenvalue weighted by Gasteiger charge is 2.27. The molecule has 5 heteroatoms. The molecular weight excluding hydrogens is 346 g/mol. The minimum atomic E-state index is 1.01. The van der Waals surface area contributed by atoms with Gasteiger partial charge < -0.3 is 9.80 Å². The number of para-hydroxylation sites is 3. The number of unbranched alkanes of at least 4 members (excludes halogenated alkanes) is 1. The van der Waals surface area contributed by atoms with Crippen molar-refractivity contribution in [2.24, 2.45) is 0 Å². The predicted octanol–water partition coefficient (Wildman–Crippen LogP) is 2.98. The van der Waals surface area contributed by atoms with Gasteiger partial charge in [-0.05, 0) is 30.7 Å². The van der Waals surface area contributed by atoms with Gasteiger partial charge in [0, 0.05) is 32.2 Å². The molecule has 1 aliphatic rings. The molecule has 1 atom stereocenters. The third kappa shape index (κ3) is 3.99. The van der Waals surface area contributed by atoms with Crippen LogP contribution >= 0.6 is 0 Å². The molecule has 0 aliphatic carbocycles. The van der Waals surface area contributed by atoms with Crippen LogP contribution in [0.5, 0.6) is 0 Å². The van der Waals surface area contributed by atoms with Crippen molar-refractivity contribution < 1.29 is 4.90 Å². The van der Waals surface area contributed by atoms with Crippen LogP contribution in [0.2, 0.25) is 0 Å². The molecule has 1 aliphatic heterocycles. The molecule has 0 amide bonds. The van der Waals surface area contributed by atoms with Crippen molar-refractivity contribution in [1.29, 1.82) is 0 Å². The summed E-state index contributed by atoms with van der Waals surface area (Å²) >= 11 is 0. The average molecular weight is 379 g/mol. The number of aromatic nitrogens is 2. The van der Waals surface area contributed by atoms with Gasteiger partial charge in [0.25, 0.3) is 0 Å². The summed E-state index contributed by atoms with van der Waals surface area (Å²) in [6.07, 6.45) is 3.62. The minimum absolute atomic E-state index is 1.01. The summed E-state index contributed by atoms with van der Waals surface area (Å²) in [6.45, 7) is 7.67. The van der Waals surface area contributed by atoms with Crippen molar-refractivity contribution in [3.8, 4) is 0 Å². The zero-order valence-electron chi connectivity index (χ0n) is 17.1. The topological polar surface area (TPSA) is 28.7 Å². The Bertz CT molecular complexity index is 888. The average Bonchev–Trinajstić information content (AvgIpc) is 3.11. The summed E-state index contributed by atoms with van der Waals surface area (Å²) in [5, 5.41) is 0. The lowest BCUT2D eigenvalue weighted by molar-refractivity contribution is -0.924. The molecule has 1 N–H and O–H groups in total. The zero-order chi connectivity index (χ0) is 19.3. The fraction of sp³-hybridized carbons (Fsp3) is 0.435. The van der Waals surface area contributed by atoms with Crippen LogP contribution in [0.3, 0.4) is 0 Å². The maximum absolute atomic E-state index is 4.94. The maximum atomic E-state index is 4.94. The Morgan fingerprint density at radius 3 is 2.61 bits per heavy atom. The highest BCUT2D eigenvalue weighted by Crippen LogP contribution is 2.23. The smallest absolute Gasteiger partial charge is 0.215 e. The van der Waals surface area contributed by atoms with Gasteiger partial charge in [-0.2, -0.15) is 0 Å². The number of anilines is 2. The van der Waals surface area contributed by atoms with E-state index in [9.17, 15) is 0 Å². The number of hydrogen-bond acceptors (Lipinski definition) is 3. The van der Waals surface area contributed by atoms with Gasteiger partial charge in [-0.15, -0.1) is 0 Å². The first-order valence-corrected chi connectivity index (χ1v) is 10.6. The van der Waals surface area contributed by atoms with Crippen LogP contribution < -0.4 is 14.7 Å². The fourth-order valence-corrected chi connectivity index (χ4v) is 4.14. The van der Waals surface area contributed by atoms with Crippen LogP contribution in [0, 0.1) is 0 Å². The molecule has 2 aromatic carbocycles. The van der Waals surface area contributed by atoms with Gasteiger partial charge >= 0.3 is 0 Å². The molecule has 0 saturated heterocycles. The van der Waals surface area contributed by atoms with Crippen molar-refractivity contribution in [3.05, 3.63) is 54.6 Å². The number of fused-ring (bicyclic) bond motifs is 3. The molecular formula is C23H32N5+. The van der Waals surface area contributed by atoms with Gasteiger partial charge in [0.2, 0.25) is 5.95 Å². The summed E-state index contributed by atoms with van der Waals surface area (Å²) in [6, 6.07) is 19.2. The first-order valence-electron chi connectivity index (χ1n) is 10.6. The molecule has 0 fully saturated rings. The first-order chi connectivity index (χ1) is 13.8. The monoisotopic (exact) mass is 378 g/mol. The van der Waals surface area contributed by atoms with Crippen LogP contribution in [0.25, 0.3) is 11.0 Å². The molecule has 1 aromatic heterocycles. The van der Waals surface area contributed by atoms with Gasteiger partial charge in [-0.25, -0.2) is 4.98 Å². The van der Waals surface area contributed by atoms with E-state index in [0.29, 0.717) is 0 Å². The maximum Gasteiger partial charge on any atom is 0.215 e. The number of benzene rings is 2. The molecule has 0 radical (unpaired) electrons. The molecule has 1 unspecified atom stereocenters. The highest BCUT2D eigenvalue weighted by molar-refractivity contribution is 5.78. The second-order valence-electron chi connectivity index (χ2n) is 7.87. The molecule has 148 valence electrons. The largest absolute Gasteiger partial charge is 0.374 e. The number of nitrogens with one attached hydrogen (secondary N) is 1. The van der Waals surface area contributed by atoms with Crippen molar-refractivity contribution in [3.63, 3.8) is 0 Å². The van der Waals surface area contributed by atoms with Crippen molar-refractivity contribution in [1.82, 2.24) is 9.55 Å². The third-order valence-electron chi connectivity index (χ3n) is 5.72. The Kier molecular flexibility index (Phi) is 5.81. The molecule has 3 aromatic rings. The molecule has 2 heterocycles. The van der Waals surface area contributed by atoms with Crippen LogP contribution in [0.4, 0.5) is 11.6 Å². The van der Waals surface area contributed by atoms with Gasteiger partial charge in [0.05, 0.1) is 17.6 Å². The molecule has 5 nitrogen and oxygen atoms in total. The van der Waals surface area contributed by atoms with E-state index in [1.165, 1.54) is 37.0 Å².